The van der Waals surface area contributed by atoms with E-state index in [2.05, 4.69) is 34.9 Å². The molecule has 2 aromatic rings. The molecular formula is C18H22N2O. The van der Waals surface area contributed by atoms with Crippen LogP contribution in [0.25, 0.3) is 0 Å². The number of hydrogen-bond donors (Lipinski definition) is 2. The van der Waals surface area contributed by atoms with Crippen molar-refractivity contribution in [3.63, 3.8) is 0 Å². The van der Waals surface area contributed by atoms with Crippen LogP contribution in [0.1, 0.15) is 31.0 Å². The minimum absolute atomic E-state index is 0.00464. The first-order valence-corrected chi connectivity index (χ1v) is 7.36. The number of nitrogens with one attached hydrogen (secondary N) is 2. The molecule has 2 aromatic carbocycles. The first kappa shape index (κ1) is 15.3. The van der Waals surface area contributed by atoms with Crippen molar-refractivity contribution < 1.29 is 4.79 Å². The van der Waals surface area contributed by atoms with Gasteiger partial charge in [-0.2, -0.15) is 0 Å². The second-order valence-corrected chi connectivity index (χ2v) is 5.04. The lowest BCUT2D eigenvalue weighted by Crippen LogP contribution is -2.43. The van der Waals surface area contributed by atoms with Crippen LogP contribution >= 0.6 is 0 Å². The molecule has 0 aliphatic rings. The van der Waals surface area contributed by atoms with Gasteiger partial charge in [-0.25, -0.2) is 0 Å². The molecule has 0 spiro atoms. The monoisotopic (exact) mass is 282 g/mol. The lowest BCUT2D eigenvalue weighted by atomic mass is 9.98. The molecule has 0 unspecified atom stereocenters. The largest absolute Gasteiger partial charge is 0.355 e. The molecule has 0 bridgehead atoms. The predicted molar refractivity (Wildman–Crippen MR) is 86.0 cm³/mol. The van der Waals surface area contributed by atoms with Crippen molar-refractivity contribution >= 4 is 5.91 Å². The van der Waals surface area contributed by atoms with Gasteiger partial charge < -0.3 is 5.32 Å². The number of likely N-dealkylation sites (N-methyl/N-ethyl adjacent to an activating group) is 1. The number of carbonyl (C=O) groups excluding carboxylic acids is 1. The summed E-state index contributed by atoms with van der Waals surface area (Å²) in [5.74, 6) is 0.0226. The van der Waals surface area contributed by atoms with E-state index in [9.17, 15) is 4.79 Å². The highest BCUT2D eigenvalue weighted by molar-refractivity contribution is 5.81. The van der Waals surface area contributed by atoms with Gasteiger partial charge in [-0.1, -0.05) is 60.7 Å². The summed E-state index contributed by atoms with van der Waals surface area (Å²) in [6.07, 6.45) is 0. The second-order valence-electron chi connectivity index (χ2n) is 5.04. The number of carbonyl (C=O) groups is 1. The molecule has 0 saturated carbocycles. The van der Waals surface area contributed by atoms with Gasteiger partial charge in [0.25, 0.3) is 0 Å². The molecule has 0 heterocycles. The average molecular weight is 282 g/mol. The lowest BCUT2D eigenvalue weighted by molar-refractivity contribution is -0.122. The van der Waals surface area contributed by atoms with E-state index in [4.69, 9.17) is 0 Å². The Kier molecular flexibility index (Phi) is 5.52. The van der Waals surface area contributed by atoms with Crippen molar-refractivity contribution in [2.45, 2.75) is 25.9 Å². The van der Waals surface area contributed by atoms with Crippen LogP contribution in [-0.4, -0.2) is 18.5 Å². The van der Waals surface area contributed by atoms with E-state index in [0.717, 1.165) is 11.1 Å². The predicted octanol–water partition coefficient (Wildman–Crippen LogP) is 2.89. The number of rotatable bonds is 6. The summed E-state index contributed by atoms with van der Waals surface area (Å²) in [5, 5.41) is 6.27. The Morgan fingerprint density at radius 1 is 0.952 bits per heavy atom. The molecule has 0 aliphatic carbocycles. The molecule has 0 fully saturated rings. The van der Waals surface area contributed by atoms with E-state index in [1.807, 2.05) is 50.2 Å². The van der Waals surface area contributed by atoms with Crippen LogP contribution in [0.15, 0.2) is 60.7 Å². The van der Waals surface area contributed by atoms with Gasteiger partial charge in [0.2, 0.25) is 5.91 Å². The van der Waals surface area contributed by atoms with Gasteiger partial charge in [-0.15, -0.1) is 0 Å². The maximum absolute atomic E-state index is 12.0. The van der Waals surface area contributed by atoms with Crippen molar-refractivity contribution in [3.8, 4) is 0 Å². The van der Waals surface area contributed by atoms with Crippen molar-refractivity contribution in [1.29, 1.82) is 0 Å². The number of hydrogen-bond acceptors (Lipinski definition) is 2. The van der Waals surface area contributed by atoms with Gasteiger partial charge >= 0.3 is 0 Å². The third-order valence-electron chi connectivity index (χ3n) is 3.43. The third-order valence-corrected chi connectivity index (χ3v) is 3.43. The number of benzene rings is 2. The van der Waals surface area contributed by atoms with E-state index >= 15 is 0 Å². The summed E-state index contributed by atoms with van der Waals surface area (Å²) in [6, 6.07) is 20.1. The molecule has 0 aliphatic heterocycles. The summed E-state index contributed by atoms with van der Waals surface area (Å²) in [4.78, 5) is 12.0. The fourth-order valence-electron chi connectivity index (χ4n) is 2.33. The van der Waals surface area contributed by atoms with Gasteiger partial charge in [-0.05, 0) is 25.0 Å². The van der Waals surface area contributed by atoms with Crippen LogP contribution in [0, 0.1) is 0 Å². The molecular weight excluding hydrogens is 260 g/mol. The van der Waals surface area contributed by atoms with E-state index in [1.54, 1.807) is 0 Å². The van der Waals surface area contributed by atoms with Crippen LogP contribution in [-0.2, 0) is 4.79 Å². The maximum atomic E-state index is 12.0. The third kappa shape index (κ3) is 4.17. The van der Waals surface area contributed by atoms with Crippen molar-refractivity contribution in [3.05, 3.63) is 71.8 Å². The van der Waals surface area contributed by atoms with Crippen molar-refractivity contribution in [1.82, 2.24) is 10.6 Å². The maximum Gasteiger partial charge on any atom is 0.236 e. The minimum Gasteiger partial charge on any atom is -0.355 e. The lowest BCUT2D eigenvalue weighted by Gasteiger charge is -2.23. The molecule has 3 nitrogen and oxygen atoms in total. The number of amides is 1. The van der Waals surface area contributed by atoms with Crippen LogP contribution in [0.3, 0.4) is 0 Å². The Labute approximate surface area is 126 Å². The molecule has 2 rings (SSSR count). The Bertz CT molecular complexity index is 514. The van der Waals surface area contributed by atoms with Crippen molar-refractivity contribution in [2.24, 2.45) is 0 Å². The summed E-state index contributed by atoms with van der Waals surface area (Å²) < 4.78 is 0. The Balaban J connectivity index is 2.23. The molecule has 21 heavy (non-hydrogen) atoms. The summed E-state index contributed by atoms with van der Waals surface area (Å²) >= 11 is 0. The minimum atomic E-state index is -0.254. The summed E-state index contributed by atoms with van der Waals surface area (Å²) in [5.41, 5.74) is 2.31. The Morgan fingerprint density at radius 2 is 1.43 bits per heavy atom. The van der Waals surface area contributed by atoms with Gasteiger partial charge in [0.1, 0.15) is 0 Å². The van der Waals surface area contributed by atoms with E-state index < -0.39 is 0 Å². The topological polar surface area (TPSA) is 41.1 Å². The second kappa shape index (κ2) is 7.60. The molecule has 0 aromatic heterocycles. The molecule has 0 saturated heterocycles. The van der Waals surface area contributed by atoms with E-state index in [-0.39, 0.29) is 18.0 Å². The average Bonchev–Trinajstić information content (AvgIpc) is 2.54. The van der Waals surface area contributed by atoms with E-state index in [0.29, 0.717) is 6.54 Å². The summed E-state index contributed by atoms with van der Waals surface area (Å²) in [7, 11) is 0. The first-order valence-electron chi connectivity index (χ1n) is 7.36. The standard InChI is InChI=1S/C18H22N2O/c1-3-19-18(21)14(2)20-17(15-10-6-4-7-11-15)16-12-8-5-9-13-16/h4-14,17,20H,3H2,1-2H3,(H,19,21)/t14-/m0/s1. The van der Waals surface area contributed by atoms with Crippen LogP contribution in [0.5, 0.6) is 0 Å². The molecule has 1 amide bonds. The van der Waals surface area contributed by atoms with Crippen LogP contribution < -0.4 is 10.6 Å². The fourth-order valence-corrected chi connectivity index (χ4v) is 2.33. The van der Waals surface area contributed by atoms with Crippen LogP contribution in [0.2, 0.25) is 0 Å². The fraction of sp³-hybridized carbons (Fsp3) is 0.278. The SMILES string of the molecule is CCNC(=O)[C@H](C)NC(c1ccccc1)c1ccccc1. The normalized spacial score (nSPS) is 12.1. The smallest absolute Gasteiger partial charge is 0.236 e. The molecule has 0 radical (unpaired) electrons. The van der Waals surface area contributed by atoms with E-state index in [1.165, 1.54) is 0 Å². The Morgan fingerprint density at radius 3 is 1.86 bits per heavy atom. The zero-order valence-electron chi connectivity index (χ0n) is 12.5. The highest BCUT2D eigenvalue weighted by Gasteiger charge is 2.19. The zero-order chi connectivity index (χ0) is 15.1. The molecule has 2 N–H and O–H groups in total. The van der Waals surface area contributed by atoms with Gasteiger partial charge in [0, 0.05) is 6.54 Å². The quantitative estimate of drug-likeness (QED) is 0.855. The van der Waals surface area contributed by atoms with Crippen molar-refractivity contribution in [2.75, 3.05) is 6.54 Å². The summed E-state index contributed by atoms with van der Waals surface area (Å²) in [6.45, 7) is 4.46. The molecule has 110 valence electrons. The molecule has 1 atom stereocenters. The zero-order valence-corrected chi connectivity index (χ0v) is 12.5. The highest BCUT2D eigenvalue weighted by Crippen LogP contribution is 2.22. The first-order chi connectivity index (χ1) is 10.2. The highest BCUT2D eigenvalue weighted by atomic mass is 16.2. The van der Waals surface area contributed by atoms with Gasteiger partial charge in [0.15, 0.2) is 0 Å². The molecule has 3 heteroatoms. The Hall–Kier alpha value is -2.13. The van der Waals surface area contributed by atoms with Crippen LogP contribution in [0.4, 0.5) is 0 Å². The van der Waals surface area contributed by atoms with Gasteiger partial charge in [0.05, 0.1) is 12.1 Å². The van der Waals surface area contributed by atoms with Gasteiger partial charge in [-0.3, -0.25) is 10.1 Å².